The molecule has 15 heavy (non-hydrogen) atoms. The third-order valence-corrected chi connectivity index (χ3v) is 3.56. The largest absolute Gasteiger partial charge is 0.399 e. The Labute approximate surface area is 92.7 Å². The van der Waals surface area contributed by atoms with Gasteiger partial charge < -0.3 is 5.73 Å². The molecule has 0 radical (unpaired) electrons. The van der Waals surface area contributed by atoms with E-state index in [4.69, 9.17) is 5.73 Å². The molecule has 0 spiro atoms. The van der Waals surface area contributed by atoms with Gasteiger partial charge in [0, 0.05) is 5.69 Å². The van der Waals surface area contributed by atoms with E-state index in [0.717, 1.165) is 23.4 Å². The van der Waals surface area contributed by atoms with Crippen molar-refractivity contribution in [1.82, 2.24) is 0 Å². The zero-order valence-electron chi connectivity index (χ0n) is 9.74. The molecule has 1 aromatic carbocycles. The molecule has 1 fully saturated rings. The Morgan fingerprint density at radius 2 is 1.73 bits per heavy atom. The van der Waals surface area contributed by atoms with E-state index < -0.39 is 0 Å². The van der Waals surface area contributed by atoms with Crippen molar-refractivity contribution in [3.05, 3.63) is 29.8 Å². The van der Waals surface area contributed by atoms with Gasteiger partial charge in [-0.2, -0.15) is 0 Å². The van der Waals surface area contributed by atoms with Crippen LogP contribution in [0.25, 0.3) is 0 Å². The number of nitrogens with two attached hydrogens (primary N) is 1. The molecule has 0 amide bonds. The monoisotopic (exact) mass is 203 g/mol. The summed E-state index contributed by atoms with van der Waals surface area (Å²) in [4.78, 5) is 0. The Kier molecular flexibility index (Phi) is 2.99. The van der Waals surface area contributed by atoms with Crippen LogP contribution in [-0.2, 0) is 0 Å². The second-order valence-corrected chi connectivity index (χ2v) is 5.28. The average molecular weight is 203 g/mol. The molecule has 2 N–H and O–H groups in total. The predicted molar refractivity (Wildman–Crippen MR) is 65.8 cm³/mol. The van der Waals surface area contributed by atoms with E-state index in [9.17, 15) is 0 Å². The number of rotatable bonds is 1. The van der Waals surface area contributed by atoms with Gasteiger partial charge in [-0.25, -0.2) is 0 Å². The van der Waals surface area contributed by atoms with Crippen LogP contribution in [-0.4, -0.2) is 0 Å². The maximum absolute atomic E-state index is 5.83. The van der Waals surface area contributed by atoms with Crippen molar-refractivity contribution in [3.63, 3.8) is 0 Å². The number of anilines is 1. The molecular weight excluding hydrogens is 182 g/mol. The van der Waals surface area contributed by atoms with Crippen LogP contribution < -0.4 is 5.73 Å². The van der Waals surface area contributed by atoms with Crippen molar-refractivity contribution in [2.24, 2.45) is 11.8 Å². The SMILES string of the molecule is C[C@H]1CC(c2cccc(N)c2)C[C@H](C)C1. The first-order valence-electron chi connectivity index (χ1n) is 6.00. The lowest BCUT2D eigenvalue weighted by Crippen LogP contribution is -2.18. The van der Waals surface area contributed by atoms with Crippen LogP contribution in [0, 0.1) is 11.8 Å². The Balaban J connectivity index is 2.16. The molecule has 1 aliphatic rings. The average Bonchev–Trinajstić information content (AvgIpc) is 2.16. The predicted octanol–water partition coefficient (Wildman–Crippen LogP) is 3.81. The quantitative estimate of drug-likeness (QED) is 0.690. The topological polar surface area (TPSA) is 26.0 Å². The third-order valence-electron chi connectivity index (χ3n) is 3.56. The summed E-state index contributed by atoms with van der Waals surface area (Å²) < 4.78 is 0. The highest BCUT2D eigenvalue weighted by atomic mass is 14.5. The highest BCUT2D eigenvalue weighted by Crippen LogP contribution is 2.39. The lowest BCUT2D eigenvalue weighted by atomic mass is 9.74. The second kappa shape index (κ2) is 4.26. The van der Waals surface area contributed by atoms with Gasteiger partial charge >= 0.3 is 0 Å². The Morgan fingerprint density at radius 1 is 1.07 bits per heavy atom. The maximum Gasteiger partial charge on any atom is 0.0316 e. The first kappa shape index (κ1) is 10.5. The van der Waals surface area contributed by atoms with Crippen molar-refractivity contribution in [2.45, 2.75) is 39.0 Å². The van der Waals surface area contributed by atoms with E-state index in [0.29, 0.717) is 0 Å². The van der Waals surface area contributed by atoms with Crippen LogP contribution >= 0.6 is 0 Å². The fraction of sp³-hybridized carbons (Fsp3) is 0.571. The molecular formula is C14H21N. The van der Waals surface area contributed by atoms with Gasteiger partial charge in [0.1, 0.15) is 0 Å². The number of nitrogen functional groups attached to an aromatic ring is 1. The summed E-state index contributed by atoms with van der Waals surface area (Å²) in [7, 11) is 0. The van der Waals surface area contributed by atoms with Crippen LogP contribution in [0.15, 0.2) is 24.3 Å². The first-order valence-corrected chi connectivity index (χ1v) is 6.00. The smallest absolute Gasteiger partial charge is 0.0316 e. The lowest BCUT2D eigenvalue weighted by molar-refractivity contribution is 0.268. The van der Waals surface area contributed by atoms with Gasteiger partial charge in [-0.15, -0.1) is 0 Å². The molecule has 0 unspecified atom stereocenters. The molecule has 2 atom stereocenters. The standard InChI is InChI=1S/C14H21N/c1-10-6-11(2)8-13(7-10)12-4-3-5-14(15)9-12/h3-5,9-11,13H,6-8,15H2,1-2H3/t10-,11-/m1/s1. The van der Waals surface area contributed by atoms with Crippen LogP contribution in [0.1, 0.15) is 44.6 Å². The van der Waals surface area contributed by atoms with Crippen molar-refractivity contribution < 1.29 is 0 Å². The summed E-state index contributed by atoms with van der Waals surface area (Å²) >= 11 is 0. The minimum Gasteiger partial charge on any atom is -0.399 e. The molecule has 82 valence electrons. The minimum absolute atomic E-state index is 0.729. The highest BCUT2D eigenvalue weighted by molar-refractivity contribution is 5.41. The summed E-state index contributed by atoms with van der Waals surface area (Å²) in [5.74, 6) is 2.45. The van der Waals surface area contributed by atoms with Crippen molar-refractivity contribution in [1.29, 1.82) is 0 Å². The molecule has 1 saturated carbocycles. The van der Waals surface area contributed by atoms with E-state index >= 15 is 0 Å². The number of hydrogen-bond acceptors (Lipinski definition) is 1. The summed E-state index contributed by atoms with van der Waals surface area (Å²) in [5.41, 5.74) is 8.17. The second-order valence-electron chi connectivity index (χ2n) is 5.28. The molecule has 0 aromatic heterocycles. The molecule has 1 aromatic rings. The summed E-state index contributed by atoms with van der Waals surface area (Å²) in [5, 5.41) is 0. The number of hydrogen-bond donors (Lipinski definition) is 1. The summed E-state index contributed by atoms with van der Waals surface area (Å²) in [6, 6.07) is 8.43. The van der Waals surface area contributed by atoms with Gasteiger partial charge in [-0.3, -0.25) is 0 Å². The maximum atomic E-state index is 5.83. The highest BCUT2D eigenvalue weighted by Gasteiger charge is 2.24. The normalized spacial score (nSPS) is 31.5. The molecule has 0 heterocycles. The van der Waals surface area contributed by atoms with E-state index in [1.807, 2.05) is 6.07 Å². The van der Waals surface area contributed by atoms with E-state index in [2.05, 4.69) is 32.0 Å². The zero-order chi connectivity index (χ0) is 10.8. The summed E-state index contributed by atoms with van der Waals surface area (Å²) in [6.45, 7) is 4.74. The van der Waals surface area contributed by atoms with Gasteiger partial charge in [-0.1, -0.05) is 26.0 Å². The fourth-order valence-electron chi connectivity index (χ4n) is 3.03. The van der Waals surface area contributed by atoms with E-state index in [-0.39, 0.29) is 0 Å². The Bertz CT molecular complexity index is 322. The van der Waals surface area contributed by atoms with E-state index in [1.54, 1.807) is 0 Å². The van der Waals surface area contributed by atoms with Gasteiger partial charge in [-0.05, 0) is 54.7 Å². The summed E-state index contributed by atoms with van der Waals surface area (Å²) in [6.07, 6.45) is 4.04. The van der Waals surface area contributed by atoms with Gasteiger partial charge in [0.2, 0.25) is 0 Å². The fourth-order valence-corrected chi connectivity index (χ4v) is 3.03. The zero-order valence-corrected chi connectivity index (χ0v) is 9.74. The van der Waals surface area contributed by atoms with Crippen LogP contribution in [0.2, 0.25) is 0 Å². The van der Waals surface area contributed by atoms with Gasteiger partial charge in [0.25, 0.3) is 0 Å². The molecule has 0 aliphatic heterocycles. The van der Waals surface area contributed by atoms with E-state index in [1.165, 1.54) is 24.8 Å². The van der Waals surface area contributed by atoms with Crippen LogP contribution in [0.3, 0.4) is 0 Å². The van der Waals surface area contributed by atoms with Gasteiger partial charge in [0.15, 0.2) is 0 Å². The minimum atomic E-state index is 0.729. The molecule has 0 saturated heterocycles. The Hall–Kier alpha value is -0.980. The van der Waals surface area contributed by atoms with Crippen molar-refractivity contribution in [2.75, 3.05) is 5.73 Å². The molecule has 1 aliphatic carbocycles. The first-order chi connectivity index (χ1) is 7.15. The molecule has 1 nitrogen and oxygen atoms in total. The molecule has 0 bridgehead atoms. The Morgan fingerprint density at radius 3 is 2.33 bits per heavy atom. The van der Waals surface area contributed by atoms with Crippen LogP contribution in [0.4, 0.5) is 5.69 Å². The third kappa shape index (κ3) is 2.53. The van der Waals surface area contributed by atoms with Gasteiger partial charge in [0.05, 0.1) is 0 Å². The van der Waals surface area contributed by atoms with Crippen molar-refractivity contribution in [3.8, 4) is 0 Å². The van der Waals surface area contributed by atoms with Crippen LogP contribution in [0.5, 0.6) is 0 Å². The van der Waals surface area contributed by atoms with Crippen molar-refractivity contribution >= 4 is 5.69 Å². The molecule has 2 rings (SSSR count). The molecule has 1 heteroatoms. The number of benzene rings is 1. The lowest BCUT2D eigenvalue weighted by Gasteiger charge is -2.31.